The maximum absolute atomic E-state index is 12.5. The van der Waals surface area contributed by atoms with Crippen molar-refractivity contribution in [2.75, 3.05) is 11.1 Å². The Morgan fingerprint density at radius 3 is 2.80 bits per heavy atom. The molecule has 0 spiro atoms. The molecular weight excluding hydrogens is 398 g/mol. The van der Waals surface area contributed by atoms with Gasteiger partial charge < -0.3 is 9.73 Å². The topological polar surface area (TPSA) is 85.8 Å². The zero-order valence-electron chi connectivity index (χ0n) is 16.7. The molecule has 0 aliphatic heterocycles. The van der Waals surface area contributed by atoms with Crippen molar-refractivity contribution < 1.29 is 9.21 Å². The number of benzene rings is 1. The number of rotatable bonds is 7. The molecule has 1 N–H and O–H groups in total. The summed E-state index contributed by atoms with van der Waals surface area (Å²) in [6.45, 7) is 4.47. The number of carbonyl (C=O) groups is 1. The number of carbonyl (C=O) groups excluding carboxylic acids is 1. The van der Waals surface area contributed by atoms with Crippen LogP contribution in [0.25, 0.3) is 11.4 Å². The summed E-state index contributed by atoms with van der Waals surface area (Å²) in [6.07, 6.45) is 5.08. The monoisotopic (exact) mass is 419 g/mol. The minimum absolute atomic E-state index is 0.0950. The van der Waals surface area contributed by atoms with Gasteiger partial charge in [0.2, 0.25) is 5.91 Å². The lowest BCUT2D eigenvalue weighted by molar-refractivity contribution is -0.113. The second-order valence-electron chi connectivity index (χ2n) is 6.87. The first-order valence-corrected chi connectivity index (χ1v) is 10.4. The Morgan fingerprint density at radius 2 is 2.07 bits per heavy atom. The fourth-order valence-corrected chi connectivity index (χ4v) is 3.81. The van der Waals surface area contributed by atoms with Crippen molar-refractivity contribution in [1.29, 1.82) is 0 Å². The highest BCUT2D eigenvalue weighted by Crippen LogP contribution is 2.25. The van der Waals surface area contributed by atoms with E-state index in [0.717, 1.165) is 28.1 Å². The molecule has 8 heteroatoms. The summed E-state index contributed by atoms with van der Waals surface area (Å²) in [6, 6.07) is 13.5. The molecule has 0 fully saturated rings. The average Bonchev–Trinajstić information content (AvgIpc) is 3.40. The van der Waals surface area contributed by atoms with Crippen LogP contribution in [0.1, 0.15) is 16.9 Å². The van der Waals surface area contributed by atoms with Gasteiger partial charge in [0.25, 0.3) is 0 Å². The molecule has 152 valence electrons. The first kappa shape index (κ1) is 19.9. The third-order valence-electron chi connectivity index (χ3n) is 4.52. The van der Waals surface area contributed by atoms with E-state index in [1.165, 1.54) is 11.8 Å². The molecule has 3 heterocycles. The molecule has 4 aromatic rings. The van der Waals surface area contributed by atoms with E-state index in [0.29, 0.717) is 17.5 Å². The van der Waals surface area contributed by atoms with E-state index in [9.17, 15) is 4.79 Å². The quantitative estimate of drug-likeness (QED) is 0.449. The normalized spacial score (nSPS) is 10.9. The molecule has 0 aliphatic rings. The highest BCUT2D eigenvalue weighted by molar-refractivity contribution is 7.99. The predicted molar refractivity (Wildman–Crippen MR) is 116 cm³/mol. The number of nitrogens with zero attached hydrogens (tertiary/aromatic N) is 4. The van der Waals surface area contributed by atoms with Crippen molar-refractivity contribution in [1.82, 2.24) is 19.7 Å². The smallest absolute Gasteiger partial charge is 0.234 e. The maximum Gasteiger partial charge on any atom is 0.234 e. The first-order chi connectivity index (χ1) is 14.6. The van der Waals surface area contributed by atoms with Gasteiger partial charge in [0, 0.05) is 23.6 Å². The molecule has 1 aromatic carbocycles. The lowest BCUT2D eigenvalue weighted by atomic mass is 10.1. The third-order valence-corrected chi connectivity index (χ3v) is 5.49. The zero-order valence-corrected chi connectivity index (χ0v) is 17.5. The van der Waals surface area contributed by atoms with Crippen LogP contribution < -0.4 is 5.32 Å². The SMILES string of the molecule is Cc1ccc(NC(=O)CSc2nnc(-c3cccnc3)n2Cc2ccco2)c(C)c1. The van der Waals surface area contributed by atoms with E-state index in [2.05, 4.69) is 20.5 Å². The average molecular weight is 420 g/mol. The van der Waals surface area contributed by atoms with Crippen molar-refractivity contribution >= 4 is 23.4 Å². The minimum Gasteiger partial charge on any atom is -0.467 e. The van der Waals surface area contributed by atoms with E-state index in [1.807, 2.05) is 60.9 Å². The van der Waals surface area contributed by atoms with Gasteiger partial charge in [-0.3, -0.25) is 14.3 Å². The van der Waals surface area contributed by atoms with Crippen LogP contribution in [0.15, 0.2) is 70.7 Å². The Hall–Kier alpha value is -3.39. The highest BCUT2D eigenvalue weighted by Gasteiger charge is 2.17. The second kappa shape index (κ2) is 8.96. The van der Waals surface area contributed by atoms with E-state index in [-0.39, 0.29) is 11.7 Å². The third kappa shape index (κ3) is 4.60. The Kier molecular flexibility index (Phi) is 5.94. The molecule has 0 radical (unpaired) electrons. The van der Waals surface area contributed by atoms with Crippen LogP contribution in [-0.4, -0.2) is 31.4 Å². The number of hydrogen-bond donors (Lipinski definition) is 1. The van der Waals surface area contributed by atoms with Gasteiger partial charge in [0.1, 0.15) is 5.76 Å². The molecule has 0 bridgehead atoms. The van der Waals surface area contributed by atoms with Crippen molar-refractivity contribution in [3.63, 3.8) is 0 Å². The van der Waals surface area contributed by atoms with Gasteiger partial charge in [0.05, 0.1) is 18.6 Å². The van der Waals surface area contributed by atoms with E-state index in [1.54, 1.807) is 18.7 Å². The number of amides is 1. The van der Waals surface area contributed by atoms with Gasteiger partial charge in [-0.25, -0.2) is 0 Å². The maximum atomic E-state index is 12.5. The minimum atomic E-state index is -0.0950. The van der Waals surface area contributed by atoms with Gasteiger partial charge in [-0.1, -0.05) is 29.5 Å². The molecule has 0 saturated heterocycles. The number of anilines is 1. The van der Waals surface area contributed by atoms with Crippen molar-refractivity contribution in [3.05, 3.63) is 78.0 Å². The fourth-order valence-electron chi connectivity index (χ4n) is 3.08. The predicted octanol–water partition coefficient (Wildman–Crippen LogP) is 4.33. The molecule has 0 unspecified atom stereocenters. The van der Waals surface area contributed by atoms with E-state index >= 15 is 0 Å². The number of hydrogen-bond acceptors (Lipinski definition) is 6. The Bertz CT molecular complexity index is 1140. The molecule has 4 rings (SSSR count). The molecule has 3 aromatic heterocycles. The number of nitrogens with one attached hydrogen (secondary N) is 1. The summed E-state index contributed by atoms with van der Waals surface area (Å²) >= 11 is 1.34. The molecule has 0 atom stereocenters. The Morgan fingerprint density at radius 1 is 1.17 bits per heavy atom. The van der Waals surface area contributed by atoms with Crippen molar-refractivity contribution in [2.45, 2.75) is 25.5 Å². The number of thioether (sulfide) groups is 1. The van der Waals surface area contributed by atoms with E-state index in [4.69, 9.17) is 4.42 Å². The summed E-state index contributed by atoms with van der Waals surface area (Å²) < 4.78 is 7.43. The summed E-state index contributed by atoms with van der Waals surface area (Å²) in [4.78, 5) is 16.7. The van der Waals surface area contributed by atoms with Crippen LogP contribution in [0.2, 0.25) is 0 Å². The van der Waals surface area contributed by atoms with Crippen LogP contribution in [0.5, 0.6) is 0 Å². The molecule has 0 aliphatic carbocycles. The largest absolute Gasteiger partial charge is 0.467 e. The van der Waals surface area contributed by atoms with Crippen molar-refractivity contribution in [3.8, 4) is 11.4 Å². The fraction of sp³-hybridized carbons (Fsp3) is 0.182. The molecule has 0 saturated carbocycles. The summed E-state index contributed by atoms with van der Waals surface area (Å²) in [5.41, 5.74) is 3.87. The molecule has 7 nitrogen and oxygen atoms in total. The van der Waals surface area contributed by atoms with Gasteiger partial charge in [-0.15, -0.1) is 10.2 Å². The Labute approximate surface area is 178 Å². The Balaban J connectivity index is 1.52. The molecule has 30 heavy (non-hydrogen) atoms. The number of furan rings is 1. The lowest BCUT2D eigenvalue weighted by Gasteiger charge is -2.10. The van der Waals surface area contributed by atoms with E-state index < -0.39 is 0 Å². The number of pyridine rings is 1. The zero-order chi connectivity index (χ0) is 20.9. The lowest BCUT2D eigenvalue weighted by Crippen LogP contribution is -2.15. The van der Waals surface area contributed by atoms with Crippen LogP contribution in [0.3, 0.4) is 0 Å². The second-order valence-corrected chi connectivity index (χ2v) is 7.81. The van der Waals surface area contributed by atoms with Crippen LogP contribution in [-0.2, 0) is 11.3 Å². The van der Waals surface area contributed by atoms with Crippen LogP contribution in [0, 0.1) is 13.8 Å². The standard InChI is InChI=1S/C22H21N5O2S/c1-15-7-8-19(16(2)11-15)24-20(28)14-30-22-26-25-21(17-5-3-9-23-12-17)27(22)13-18-6-4-10-29-18/h3-12H,13-14H2,1-2H3,(H,24,28). The molecular formula is C22H21N5O2S. The van der Waals surface area contributed by atoms with Gasteiger partial charge in [-0.05, 0) is 49.7 Å². The van der Waals surface area contributed by atoms with Gasteiger partial charge >= 0.3 is 0 Å². The summed E-state index contributed by atoms with van der Waals surface area (Å²) in [5.74, 6) is 1.58. The van der Waals surface area contributed by atoms with Crippen LogP contribution >= 0.6 is 11.8 Å². The highest BCUT2D eigenvalue weighted by atomic mass is 32.2. The van der Waals surface area contributed by atoms with Crippen molar-refractivity contribution in [2.24, 2.45) is 0 Å². The first-order valence-electron chi connectivity index (χ1n) is 9.46. The van der Waals surface area contributed by atoms with Gasteiger partial charge in [-0.2, -0.15) is 0 Å². The van der Waals surface area contributed by atoms with Crippen LogP contribution in [0.4, 0.5) is 5.69 Å². The summed E-state index contributed by atoms with van der Waals surface area (Å²) in [7, 11) is 0. The molecule has 1 amide bonds. The number of aryl methyl sites for hydroxylation is 2. The van der Waals surface area contributed by atoms with Gasteiger partial charge in [0.15, 0.2) is 11.0 Å². The summed E-state index contributed by atoms with van der Waals surface area (Å²) in [5, 5.41) is 12.2. The number of aromatic nitrogens is 4.